The molecular weight excluding hydrogens is 271 g/mol. The normalized spacial score (nSPS) is 15.9. The summed E-state index contributed by atoms with van der Waals surface area (Å²) in [6.07, 6.45) is -15.8. The van der Waals surface area contributed by atoms with Gasteiger partial charge in [-0.2, -0.15) is 30.7 Å². The Labute approximate surface area is 88.8 Å². The molecule has 10 heteroatoms. The summed E-state index contributed by atoms with van der Waals surface area (Å²) in [5.41, 5.74) is 0. The van der Waals surface area contributed by atoms with Gasteiger partial charge in [0.1, 0.15) is 0 Å². The highest BCUT2D eigenvalue weighted by atomic mass is 19.4. The molecule has 0 heterocycles. The van der Waals surface area contributed by atoms with Crippen LogP contribution in [0.25, 0.3) is 0 Å². The van der Waals surface area contributed by atoms with Crippen LogP contribution in [0.1, 0.15) is 0 Å². The highest BCUT2D eigenvalue weighted by Crippen LogP contribution is 2.46. The molecule has 0 saturated carbocycles. The third-order valence-corrected chi connectivity index (χ3v) is 1.58. The molecule has 0 aliphatic carbocycles. The van der Waals surface area contributed by atoms with E-state index in [2.05, 4.69) is 11.3 Å². The standard InChI is InChI=1S/C7H5F9O/c1-2-17-3(5(10,11)4(8)9)6(12,13)7(14,15)16/h2-4H,1H2. The minimum atomic E-state index is -6.46. The van der Waals surface area contributed by atoms with E-state index in [-0.39, 0.29) is 6.26 Å². The van der Waals surface area contributed by atoms with E-state index < -0.39 is 30.6 Å². The van der Waals surface area contributed by atoms with Gasteiger partial charge in [-0.3, -0.25) is 0 Å². The lowest BCUT2D eigenvalue weighted by Crippen LogP contribution is -2.58. The van der Waals surface area contributed by atoms with Crippen molar-refractivity contribution in [3.05, 3.63) is 12.8 Å². The van der Waals surface area contributed by atoms with Gasteiger partial charge in [-0.15, -0.1) is 0 Å². The van der Waals surface area contributed by atoms with Crippen molar-refractivity contribution in [2.45, 2.75) is 30.6 Å². The average Bonchev–Trinajstić information content (AvgIpc) is 2.11. The smallest absolute Gasteiger partial charge is 0.457 e. The van der Waals surface area contributed by atoms with E-state index >= 15 is 0 Å². The van der Waals surface area contributed by atoms with Gasteiger partial charge in [-0.1, -0.05) is 6.58 Å². The number of hydrogen-bond donors (Lipinski definition) is 0. The minimum Gasteiger partial charge on any atom is -0.485 e. The fourth-order valence-electron chi connectivity index (χ4n) is 0.777. The maximum Gasteiger partial charge on any atom is 0.457 e. The second kappa shape index (κ2) is 4.65. The molecule has 17 heavy (non-hydrogen) atoms. The van der Waals surface area contributed by atoms with Crippen LogP contribution >= 0.6 is 0 Å². The molecule has 1 atom stereocenters. The van der Waals surface area contributed by atoms with Gasteiger partial charge in [0.25, 0.3) is 0 Å². The molecule has 0 aromatic carbocycles. The second-order valence-electron chi connectivity index (χ2n) is 2.78. The number of hydrogen-bond acceptors (Lipinski definition) is 1. The Bertz CT molecular complexity index is 269. The Morgan fingerprint density at radius 2 is 1.35 bits per heavy atom. The van der Waals surface area contributed by atoms with E-state index in [1.165, 1.54) is 0 Å². The van der Waals surface area contributed by atoms with Crippen molar-refractivity contribution in [1.29, 1.82) is 0 Å². The van der Waals surface area contributed by atoms with Crippen molar-refractivity contribution in [3.63, 3.8) is 0 Å². The van der Waals surface area contributed by atoms with E-state index in [1.807, 2.05) is 0 Å². The molecule has 0 radical (unpaired) electrons. The fraction of sp³-hybridized carbons (Fsp3) is 0.714. The lowest BCUT2D eigenvalue weighted by molar-refractivity contribution is -0.351. The van der Waals surface area contributed by atoms with Gasteiger partial charge in [0.2, 0.25) is 6.10 Å². The number of halogens is 9. The van der Waals surface area contributed by atoms with Crippen molar-refractivity contribution in [1.82, 2.24) is 0 Å². The number of rotatable bonds is 5. The summed E-state index contributed by atoms with van der Waals surface area (Å²) >= 11 is 0. The van der Waals surface area contributed by atoms with Gasteiger partial charge >= 0.3 is 24.4 Å². The van der Waals surface area contributed by atoms with E-state index in [0.29, 0.717) is 0 Å². The Hall–Kier alpha value is -1.09. The Morgan fingerprint density at radius 3 is 1.59 bits per heavy atom. The molecule has 1 unspecified atom stereocenters. The third kappa shape index (κ3) is 2.97. The van der Waals surface area contributed by atoms with Crippen LogP contribution in [0.3, 0.4) is 0 Å². The van der Waals surface area contributed by atoms with Crippen LogP contribution in [0, 0.1) is 0 Å². The van der Waals surface area contributed by atoms with Gasteiger partial charge < -0.3 is 4.74 Å². The molecule has 0 aliphatic heterocycles. The van der Waals surface area contributed by atoms with E-state index in [1.54, 1.807) is 0 Å². The lowest BCUT2D eigenvalue weighted by atomic mass is 10.1. The minimum absolute atomic E-state index is 0.194. The summed E-state index contributed by atoms with van der Waals surface area (Å²) in [6.45, 7) is 2.47. The summed E-state index contributed by atoms with van der Waals surface area (Å²) in [5, 5.41) is 0. The molecule has 0 N–H and O–H groups in total. The van der Waals surface area contributed by atoms with Crippen molar-refractivity contribution >= 4 is 0 Å². The van der Waals surface area contributed by atoms with Crippen molar-refractivity contribution in [3.8, 4) is 0 Å². The molecule has 0 aliphatic rings. The van der Waals surface area contributed by atoms with Crippen LogP contribution in [0.5, 0.6) is 0 Å². The van der Waals surface area contributed by atoms with E-state index in [0.717, 1.165) is 0 Å². The van der Waals surface area contributed by atoms with Gasteiger partial charge in [-0.05, 0) is 0 Å². The van der Waals surface area contributed by atoms with Gasteiger partial charge in [-0.25, -0.2) is 8.78 Å². The first-order chi connectivity index (χ1) is 7.39. The maximum atomic E-state index is 12.5. The second-order valence-corrected chi connectivity index (χ2v) is 2.78. The molecule has 102 valence electrons. The molecule has 0 spiro atoms. The zero-order valence-electron chi connectivity index (χ0n) is 7.75. The highest BCUT2D eigenvalue weighted by molar-refractivity contribution is 4.96. The molecular formula is C7H5F9O. The predicted molar refractivity (Wildman–Crippen MR) is 37.0 cm³/mol. The van der Waals surface area contributed by atoms with Crippen LogP contribution in [0.15, 0.2) is 12.8 Å². The van der Waals surface area contributed by atoms with Crippen LogP contribution in [-0.2, 0) is 4.74 Å². The zero-order chi connectivity index (χ0) is 14.1. The van der Waals surface area contributed by atoms with Crippen LogP contribution in [-0.4, -0.2) is 30.6 Å². The van der Waals surface area contributed by atoms with E-state index in [9.17, 15) is 39.5 Å². The van der Waals surface area contributed by atoms with Crippen LogP contribution in [0.2, 0.25) is 0 Å². The third-order valence-electron chi connectivity index (χ3n) is 1.58. The van der Waals surface area contributed by atoms with Crippen LogP contribution in [0.4, 0.5) is 39.5 Å². The van der Waals surface area contributed by atoms with Gasteiger partial charge in [0.05, 0.1) is 6.26 Å². The first kappa shape index (κ1) is 15.9. The van der Waals surface area contributed by atoms with Gasteiger partial charge in [0.15, 0.2) is 0 Å². The largest absolute Gasteiger partial charge is 0.485 e. The number of alkyl halides is 9. The average molecular weight is 276 g/mol. The lowest BCUT2D eigenvalue weighted by Gasteiger charge is -2.32. The summed E-state index contributed by atoms with van der Waals surface area (Å²) in [7, 11) is 0. The quantitative estimate of drug-likeness (QED) is 0.550. The molecule has 0 aromatic rings. The summed E-state index contributed by atoms with van der Waals surface area (Å²) in [6, 6.07) is 0. The summed E-state index contributed by atoms with van der Waals surface area (Å²) < 4.78 is 112. The molecule has 1 nitrogen and oxygen atoms in total. The van der Waals surface area contributed by atoms with Crippen molar-refractivity contribution in [2.75, 3.05) is 0 Å². The number of ether oxygens (including phenoxy) is 1. The summed E-state index contributed by atoms with van der Waals surface area (Å²) in [5.74, 6) is -11.8. The molecule has 0 bridgehead atoms. The van der Waals surface area contributed by atoms with Crippen LogP contribution < -0.4 is 0 Å². The molecule has 0 rings (SSSR count). The highest BCUT2D eigenvalue weighted by Gasteiger charge is 2.72. The first-order valence-electron chi connectivity index (χ1n) is 3.75. The topological polar surface area (TPSA) is 9.23 Å². The zero-order valence-corrected chi connectivity index (χ0v) is 7.75. The SMILES string of the molecule is C=COC(C(F)(F)C(F)F)C(F)(F)C(F)(F)F. The fourth-order valence-corrected chi connectivity index (χ4v) is 0.777. The Balaban J connectivity index is 5.46. The Kier molecular flexibility index (Phi) is 4.35. The first-order valence-corrected chi connectivity index (χ1v) is 3.75. The molecule has 0 aromatic heterocycles. The van der Waals surface area contributed by atoms with E-state index in [4.69, 9.17) is 0 Å². The summed E-state index contributed by atoms with van der Waals surface area (Å²) in [4.78, 5) is 0. The van der Waals surface area contributed by atoms with Gasteiger partial charge in [0, 0.05) is 0 Å². The molecule has 0 amide bonds. The Morgan fingerprint density at radius 1 is 0.941 bits per heavy atom. The molecule has 0 saturated heterocycles. The predicted octanol–water partition coefficient (Wildman–Crippen LogP) is 3.61. The monoisotopic (exact) mass is 276 g/mol. The van der Waals surface area contributed by atoms with Crippen molar-refractivity contribution < 1.29 is 44.3 Å². The molecule has 0 fully saturated rings. The van der Waals surface area contributed by atoms with Crippen molar-refractivity contribution in [2.24, 2.45) is 0 Å². The maximum absolute atomic E-state index is 12.5.